The van der Waals surface area contributed by atoms with Crippen LogP contribution in [0.5, 0.6) is 17.2 Å². The Hall–Kier alpha value is -3.37. The van der Waals surface area contributed by atoms with Gasteiger partial charge in [0.2, 0.25) is 0 Å². The van der Waals surface area contributed by atoms with Crippen LogP contribution in [-0.2, 0) is 9.53 Å². The molecule has 0 amide bonds. The maximum absolute atomic E-state index is 13.8. The van der Waals surface area contributed by atoms with E-state index in [2.05, 4.69) is 20.9 Å². The summed E-state index contributed by atoms with van der Waals surface area (Å²) in [5.41, 5.74) is 2.05. The van der Waals surface area contributed by atoms with Crippen molar-refractivity contribution in [3.63, 3.8) is 0 Å². The third kappa shape index (κ3) is 4.70. The largest absolute Gasteiger partial charge is 0.497 e. The molecular formula is C26H25BrN2O6S. The zero-order valence-corrected chi connectivity index (χ0v) is 22.9. The zero-order valence-electron chi connectivity index (χ0n) is 20.5. The summed E-state index contributed by atoms with van der Waals surface area (Å²) in [6.07, 6.45) is 1.77. The first-order valence-corrected chi connectivity index (χ1v) is 12.7. The van der Waals surface area contributed by atoms with Crippen molar-refractivity contribution in [2.75, 3.05) is 27.9 Å². The Bertz CT molecular complexity index is 1520. The molecule has 0 saturated carbocycles. The Morgan fingerprint density at radius 1 is 1.11 bits per heavy atom. The van der Waals surface area contributed by atoms with E-state index in [1.165, 1.54) is 11.3 Å². The molecule has 0 bridgehead atoms. The van der Waals surface area contributed by atoms with E-state index in [4.69, 9.17) is 18.9 Å². The first-order chi connectivity index (χ1) is 17.3. The Morgan fingerprint density at radius 2 is 1.78 bits per heavy atom. The molecule has 2 aromatic carbocycles. The Morgan fingerprint density at radius 3 is 2.39 bits per heavy atom. The van der Waals surface area contributed by atoms with Gasteiger partial charge in [-0.1, -0.05) is 39.4 Å². The van der Waals surface area contributed by atoms with Crippen molar-refractivity contribution in [1.82, 2.24) is 4.57 Å². The van der Waals surface area contributed by atoms with Gasteiger partial charge in [-0.25, -0.2) is 9.79 Å². The second-order valence-electron chi connectivity index (χ2n) is 7.80. The van der Waals surface area contributed by atoms with Gasteiger partial charge in [0.25, 0.3) is 5.56 Å². The normalized spacial score (nSPS) is 15.3. The van der Waals surface area contributed by atoms with E-state index in [9.17, 15) is 9.59 Å². The van der Waals surface area contributed by atoms with Crippen LogP contribution < -0.4 is 29.1 Å². The van der Waals surface area contributed by atoms with Gasteiger partial charge in [-0.15, -0.1) is 0 Å². The number of thiazole rings is 1. The van der Waals surface area contributed by atoms with Crippen LogP contribution >= 0.6 is 27.3 Å². The van der Waals surface area contributed by atoms with Gasteiger partial charge in [0, 0.05) is 4.47 Å². The molecule has 0 unspecified atom stereocenters. The standard InChI is InChI=1S/C26H25BrN2O6S/c1-6-35-25(31)22-14(2)28-26-29(23(22)15-7-9-17(32-3)10-8-15)24(30)21(36-26)12-16-11-19(33-4)20(34-5)13-18(16)27/h7-13,23H,6H2,1-5H3/b21-12+/t23-/m0/s1. The molecule has 1 atom stereocenters. The molecule has 0 aliphatic carbocycles. The summed E-state index contributed by atoms with van der Waals surface area (Å²) in [5, 5.41) is 0. The van der Waals surface area contributed by atoms with Gasteiger partial charge in [0.05, 0.1) is 49.8 Å². The number of carbonyl (C=O) groups excluding carboxylic acids is 1. The highest BCUT2D eigenvalue weighted by Gasteiger charge is 2.33. The van der Waals surface area contributed by atoms with Crippen molar-refractivity contribution < 1.29 is 23.7 Å². The van der Waals surface area contributed by atoms with Crippen molar-refractivity contribution in [2.24, 2.45) is 4.99 Å². The fourth-order valence-corrected chi connectivity index (χ4v) is 5.49. The number of ether oxygens (including phenoxy) is 4. The minimum Gasteiger partial charge on any atom is -0.497 e. The van der Waals surface area contributed by atoms with Crippen LogP contribution in [0.3, 0.4) is 0 Å². The topological polar surface area (TPSA) is 88.4 Å². The molecule has 10 heteroatoms. The van der Waals surface area contributed by atoms with Gasteiger partial charge in [-0.05, 0) is 55.3 Å². The molecule has 0 fully saturated rings. The Labute approximate surface area is 220 Å². The SMILES string of the molecule is CCOC(=O)C1=C(C)N=c2s/c(=C/c3cc(OC)c(OC)cc3Br)c(=O)n2[C@H]1c1ccc(OC)cc1. The Balaban J connectivity index is 1.94. The maximum atomic E-state index is 13.8. The number of hydrogen-bond donors (Lipinski definition) is 0. The lowest BCUT2D eigenvalue weighted by Crippen LogP contribution is -2.39. The van der Waals surface area contributed by atoms with Gasteiger partial charge >= 0.3 is 5.97 Å². The van der Waals surface area contributed by atoms with Gasteiger partial charge < -0.3 is 18.9 Å². The second-order valence-corrected chi connectivity index (χ2v) is 9.67. The van der Waals surface area contributed by atoms with Crippen LogP contribution in [0.1, 0.15) is 31.0 Å². The van der Waals surface area contributed by atoms with Crippen molar-refractivity contribution >= 4 is 39.3 Å². The molecule has 1 aliphatic rings. The van der Waals surface area contributed by atoms with E-state index in [0.29, 0.717) is 37.9 Å². The number of carbonyl (C=O) groups is 1. The quantitative estimate of drug-likeness (QED) is 0.402. The Kier molecular flexibility index (Phi) is 7.65. The number of hydrogen-bond acceptors (Lipinski definition) is 8. The van der Waals surface area contributed by atoms with E-state index in [0.717, 1.165) is 15.6 Å². The third-order valence-electron chi connectivity index (χ3n) is 5.74. The van der Waals surface area contributed by atoms with E-state index in [1.54, 1.807) is 70.1 Å². The zero-order chi connectivity index (χ0) is 26.0. The number of allylic oxidation sites excluding steroid dienone is 1. The number of methoxy groups -OCH3 is 3. The van der Waals surface area contributed by atoms with Crippen molar-refractivity contribution in [3.8, 4) is 17.2 Å². The lowest BCUT2D eigenvalue weighted by molar-refractivity contribution is -0.139. The number of esters is 1. The lowest BCUT2D eigenvalue weighted by Gasteiger charge is -2.24. The molecule has 0 N–H and O–H groups in total. The number of fused-ring (bicyclic) bond motifs is 1. The lowest BCUT2D eigenvalue weighted by atomic mass is 9.96. The smallest absolute Gasteiger partial charge is 0.338 e. The molecule has 1 aromatic heterocycles. The van der Waals surface area contributed by atoms with Crippen LogP contribution in [0, 0.1) is 0 Å². The van der Waals surface area contributed by atoms with Gasteiger partial charge in [-0.3, -0.25) is 9.36 Å². The average molecular weight is 573 g/mol. The highest BCUT2D eigenvalue weighted by atomic mass is 79.9. The summed E-state index contributed by atoms with van der Waals surface area (Å²) in [6.45, 7) is 3.71. The minimum absolute atomic E-state index is 0.211. The van der Waals surface area contributed by atoms with Gasteiger partial charge in [-0.2, -0.15) is 0 Å². The van der Waals surface area contributed by atoms with Crippen LogP contribution in [-0.4, -0.2) is 38.5 Å². The number of rotatable bonds is 7. The van der Waals surface area contributed by atoms with E-state index >= 15 is 0 Å². The number of benzene rings is 2. The molecule has 3 aromatic rings. The molecule has 0 spiro atoms. The first kappa shape index (κ1) is 25.7. The molecule has 0 saturated heterocycles. The predicted molar refractivity (Wildman–Crippen MR) is 141 cm³/mol. The van der Waals surface area contributed by atoms with Crippen molar-refractivity contribution in [2.45, 2.75) is 19.9 Å². The molecular weight excluding hydrogens is 548 g/mol. The summed E-state index contributed by atoms with van der Waals surface area (Å²) in [5.74, 6) is 1.27. The van der Waals surface area contributed by atoms with Gasteiger partial charge in [0.15, 0.2) is 16.3 Å². The number of halogens is 1. The first-order valence-electron chi connectivity index (χ1n) is 11.1. The number of nitrogens with zero attached hydrogens (tertiary/aromatic N) is 2. The molecule has 0 radical (unpaired) electrons. The molecule has 2 heterocycles. The van der Waals surface area contributed by atoms with Crippen molar-refractivity contribution in [3.05, 3.63) is 83.0 Å². The van der Waals surface area contributed by atoms with E-state index in [1.807, 2.05) is 12.1 Å². The molecule has 8 nitrogen and oxygen atoms in total. The monoisotopic (exact) mass is 572 g/mol. The highest BCUT2D eigenvalue weighted by Crippen LogP contribution is 2.34. The fraction of sp³-hybridized carbons (Fsp3) is 0.269. The van der Waals surface area contributed by atoms with Crippen LogP contribution in [0.4, 0.5) is 0 Å². The summed E-state index contributed by atoms with van der Waals surface area (Å²) in [4.78, 5) is 31.9. The van der Waals surface area contributed by atoms with Crippen LogP contribution in [0.2, 0.25) is 0 Å². The molecule has 1 aliphatic heterocycles. The summed E-state index contributed by atoms with van der Waals surface area (Å²) < 4.78 is 24.1. The third-order valence-corrected chi connectivity index (χ3v) is 7.41. The molecule has 188 valence electrons. The summed E-state index contributed by atoms with van der Waals surface area (Å²) in [6, 6.07) is 10.1. The maximum Gasteiger partial charge on any atom is 0.338 e. The summed E-state index contributed by atoms with van der Waals surface area (Å²) in [7, 11) is 4.70. The predicted octanol–water partition coefficient (Wildman–Crippen LogP) is 3.59. The second kappa shape index (κ2) is 10.7. The average Bonchev–Trinajstić information content (AvgIpc) is 3.18. The van der Waals surface area contributed by atoms with Gasteiger partial charge in [0.1, 0.15) is 5.75 Å². The van der Waals surface area contributed by atoms with Crippen molar-refractivity contribution in [1.29, 1.82) is 0 Å². The fourth-order valence-electron chi connectivity index (χ4n) is 4.01. The molecule has 4 rings (SSSR count). The van der Waals surface area contributed by atoms with E-state index < -0.39 is 12.0 Å². The van der Waals surface area contributed by atoms with Crippen LogP contribution in [0.15, 0.2) is 61.9 Å². The van der Waals surface area contributed by atoms with Crippen LogP contribution in [0.25, 0.3) is 6.08 Å². The molecule has 36 heavy (non-hydrogen) atoms. The minimum atomic E-state index is -0.692. The number of aromatic nitrogens is 1. The van der Waals surface area contributed by atoms with E-state index in [-0.39, 0.29) is 12.2 Å². The summed E-state index contributed by atoms with van der Waals surface area (Å²) >= 11 is 4.80. The highest BCUT2D eigenvalue weighted by molar-refractivity contribution is 9.10.